The summed E-state index contributed by atoms with van der Waals surface area (Å²) in [6.45, 7) is 1.08. The molecule has 0 radical (unpaired) electrons. The predicted octanol–water partition coefficient (Wildman–Crippen LogP) is 4.28. The number of carbonyl (C=O) groups excluding carboxylic acids is 1. The highest BCUT2D eigenvalue weighted by atomic mass is 35.5. The predicted molar refractivity (Wildman–Crippen MR) is 137 cm³/mol. The molecule has 1 atom stereocenters. The number of ether oxygens (including phenoxy) is 2. The van der Waals surface area contributed by atoms with Crippen LogP contribution >= 0.6 is 23.2 Å². The fraction of sp³-hybridized carbons (Fsp3) is 0.417. The summed E-state index contributed by atoms with van der Waals surface area (Å²) in [7, 11) is 2.57. The van der Waals surface area contributed by atoms with Crippen LogP contribution in [0.1, 0.15) is 51.1 Å². The molecule has 5 rings (SSSR count). The van der Waals surface area contributed by atoms with E-state index in [-0.39, 0.29) is 47.6 Å². The second-order valence-corrected chi connectivity index (χ2v) is 10.1. The van der Waals surface area contributed by atoms with Crippen molar-refractivity contribution in [3.05, 3.63) is 56.0 Å². The van der Waals surface area contributed by atoms with E-state index in [2.05, 4.69) is 15.1 Å². The van der Waals surface area contributed by atoms with Crippen molar-refractivity contribution < 1.29 is 32.6 Å². The summed E-state index contributed by atoms with van der Waals surface area (Å²) >= 11 is 12.5. The quantitative estimate of drug-likeness (QED) is 0.255. The SMILES string of the molecule is COc1nc2c(c(N3CCCn4nc(C(=O)N(C)O)c(Cl)c4C3)n1)COC(c1cc(N)cc(Cl)c1C(F)(F)F)C2. The number of hydrogen-bond acceptors (Lipinski definition) is 9. The Morgan fingerprint density at radius 2 is 2.02 bits per heavy atom. The van der Waals surface area contributed by atoms with E-state index in [0.717, 1.165) is 6.07 Å². The molecule has 3 aromatic rings. The maximum atomic E-state index is 13.9. The molecule has 0 saturated carbocycles. The number of hydroxylamine groups is 2. The van der Waals surface area contributed by atoms with E-state index in [1.165, 1.54) is 20.2 Å². The number of amides is 1. The number of carbonyl (C=O) groups is 1. The van der Waals surface area contributed by atoms with Crippen LogP contribution in [0.25, 0.3) is 0 Å². The summed E-state index contributed by atoms with van der Waals surface area (Å²) in [6, 6.07) is 2.29. The number of fused-ring (bicyclic) bond motifs is 2. The molecule has 0 spiro atoms. The molecule has 0 fully saturated rings. The molecule has 2 aromatic heterocycles. The van der Waals surface area contributed by atoms with Crippen LogP contribution in [-0.2, 0) is 37.0 Å². The highest BCUT2D eigenvalue weighted by molar-refractivity contribution is 6.34. The maximum absolute atomic E-state index is 13.9. The molecule has 1 aromatic carbocycles. The van der Waals surface area contributed by atoms with Crippen LogP contribution in [-0.4, -0.2) is 56.6 Å². The number of alkyl halides is 3. The molecule has 0 saturated heterocycles. The van der Waals surface area contributed by atoms with Gasteiger partial charge in [0, 0.05) is 37.8 Å². The lowest BCUT2D eigenvalue weighted by molar-refractivity contribution is -0.139. The number of nitrogens with two attached hydrogens (primary N) is 1. The van der Waals surface area contributed by atoms with Gasteiger partial charge in [0.2, 0.25) is 0 Å². The van der Waals surface area contributed by atoms with E-state index in [1.807, 2.05) is 4.90 Å². The summed E-state index contributed by atoms with van der Waals surface area (Å²) in [5, 5.41) is 13.8. The van der Waals surface area contributed by atoms with Gasteiger partial charge in [-0.1, -0.05) is 23.2 Å². The monoisotopic (exact) mass is 601 g/mol. The van der Waals surface area contributed by atoms with E-state index < -0.39 is 28.8 Å². The fourth-order valence-corrected chi connectivity index (χ4v) is 5.56. The largest absolute Gasteiger partial charge is 0.467 e. The smallest absolute Gasteiger partial charge is 0.418 e. The number of rotatable bonds is 4. The molecule has 40 heavy (non-hydrogen) atoms. The van der Waals surface area contributed by atoms with Gasteiger partial charge in [0.1, 0.15) is 5.82 Å². The van der Waals surface area contributed by atoms with Gasteiger partial charge in [0.25, 0.3) is 5.91 Å². The highest BCUT2D eigenvalue weighted by Crippen LogP contribution is 2.44. The van der Waals surface area contributed by atoms with Crippen molar-refractivity contribution in [1.82, 2.24) is 24.8 Å². The van der Waals surface area contributed by atoms with Crippen molar-refractivity contribution in [3.8, 4) is 6.01 Å². The van der Waals surface area contributed by atoms with Crippen LogP contribution in [0.4, 0.5) is 24.7 Å². The molecule has 0 bridgehead atoms. The zero-order valence-corrected chi connectivity index (χ0v) is 22.8. The number of benzene rings is 1. The van der Waals surface area contributed by atoms with Gasteiger partial charge in [-0.2, -0.15) is 28.2 Å². The van der Waals surface area contributed by atoms with Crippen molar-refractivity contribution in [2.24, 2.45) is 0 Å². The maximum Gasteiger partial charge on any atom is 0.418 e. The van der Waals surface area contributed by atoms with Crippen molar-refractivity contribution in [2.75, 3.05) is 31.3 Å². The highest BCUT2D eigenvalue weighted by Gasteiger charge is 2.40. The topological polar surface area (TPSA) is 132 Å². The van der Waals surface area contributed by atoms with Crippen molar-refractivity contribution in [3.63, 3.8) is 0 Å². The van der Waals surface area contributed by atoms with Gasteiger partial charge >= 0.3 is 12.2 Å². The number of nitrogens with zero attached hydrogens (tertiary/aromatic N) is 6. The average Bonchev–Trinajstić information content (AvgIpc) is 3.05. The number of aryl methyl sites for hydroxylation is 1. The van der Waals surface area contributed by atoms with E-state index in [9.17, 15) is 23.2 Å². The molecule has 214 valence electrons. The van der Waals surface area contributed by atoms with Gasteiger partial charge in [-0.25, -0.2) is 5.06 Å². The van der Waals surface area contributed by atoms with Gasteiger partial charge in [-0.3, -0.25) is 14.7 Å². The first-order valence-corrected chi connectivity index (χ1v) is 12.8. The Hall–Kier alpha value is -3.33. The summed E-state index contributed by atoms with van der Waals surface area (Å²) in [6.07, 6.45) is -5.16. The Kier molecular flexibility index (Phi) is 7.46. The van der Waals surface area contributed by atoms with Crippen LogP contribution in [0.15, 0.2) is 12.1 Å². The molecule has 1 amide bonds. The number of nitrogen functional groups attached to an aromatic ring is 1. The van der Waals surface area contributed by atoms with E-state index in [4.69, 9.17) is 38.4 Å². The van der Waals surface area contributed by atoms with Gasteiger partial charge in [-0.05, 0) is 24.1 Å². The lowest BCUT2D eigenvalue weighted by Crippen LogP contribution is -2.29. The Balaban J connectivity index is 1.52. The fourth-order valence-electron chi connectivity index (χ4n) is 4.94. The zero-order valence-electron chi connectivity index (χ0n) is 21.3. The Morgan fingerprint density at radius 1 is 1.27 bits per heavy atom. The van der Waals surface area contributed by atoms with Crippen LogP contribution in [0, 0.1) is 0 Å². The number of anilines is 2. The average molecular weight is 602 g/mol. The lowest BCUT2D eigenvalue weighted by Gasteiger charge is -2.31. The Labute approximate surface area is 236 Å². The third-order valence-electron chi connectivity index (χ3n) is 6.74. The van der Waals surface area contributed by atoms with Crippen molar-refractivity contribution >= 4 is 40.6 Å². The minimum Gasteiger partial charge on any atom is -0.467 e. The molecule has 4 heterocycles. The second-order valence-electron chi connectivity index (χ2n) is 9.36. The molecule has 2 aliphatic rings. The summed E-state index contributed by atoms with van der Waals surface area (Å²) < 4.78 is 54.6. The molecule has 1 unspecified atom stereocenters. The molecular formula is C24H24Cl2F3N7O4. The Bertz CT molecular complexity index is 1480. The molecule has 11 nitrogen and oxygen atoms in total. The Morgan fingerprint density at radius 3 is 2.70 bits per heavy atom. The summed E-state index contributed by atoms with van der Waals surface area (Å²) in [5.74, 6) is -0.294. The van der Waals surface area contributed by atoms with Gasteiger partial charge in [0.05, 0.1) is 53.4 Å². The zero-order chi connectivity index (χ0) is 28.9. The molecule has 2 aliphatic heterocycles. The standard InChI is InChI=1S/C24H24Cl2F3N7O4/c1-34(38)22(37)20-19(26)16-9-35(4-3-5-36(16)33-20)21-13-10-40-17(8-15(13)31-23(32-21)39-2)12-6-11(30)7-14(25)18(12)24(27,28)29/h6-7,17,38H,3-5,8-10,30H2,1-2H3. The molecule has 16 heteroatoms. The molecule has 0 aliphatic carbocycles. The second kappa shape index (κ2) is 10.6. The third kappa shape index (κ3) is 5.11. The normalized spacial score (nSPS) is 17.2. The minimum atomic E-state index is -4.72. The van der Waals surface area contributed by atoms with E-state index in [1.54, 1.807) is 4.68 Å². The first-order valence-electron chi connectivity index (χ1n) is 12.1. The van der Waals surface area contributed by atoms with Crippen molar-refractivity contribution in [2.45, 2.75) is 44.8 Å². The minimum absolute atomic E-state index is 0.0158. The van der Waals surface area contributed by atoms with Gasteiger partial charge in [0.15, 0.2) is 5.69 Å². The van der Waals surface area contributed by atoms with Crippen molar-refractivity contribution in [1.29, 1.82) is 0 Å². The molecular weight excluding hydrogens is 578 g/mol. The van der Waals surface area contributed by atoms with E-state index in [0.29, 0.717) is 47.3 Å². The van der Waals surface area contributed by atoms with Crippen LogP contribution in [0.2, 0.25) is 10.0 Å². The first-order chi connectivity index (χ1) is 18.9. The lowest BCUT2D eigenvalue weighted by atomic mass is 9.94. The number of methoxy groups -OCH3 is 1. The van der Waals surface area contributed by atoms with Gasteiger partial charge in [-0.15, -0.1) is 0 Å². The number of halogens is 5. The summed E-state index contributed by atoms with van der Waals surface area (Å²) in [4.78, 5) is 23.2. The first kappa shape index (κ1) is 28.2. The van der Waals surface area contributed by atoms with Crippen LogP contribution in [0.5, 0.6) is 6.01 Å². The summed E-state index contributed by atoms with van der Waals surface area (Å²) in [5.41, 5.74) is 6.20. The molecule has 3 N–H and O–H groups in total. The number of hydrogen-bond donors (Lipinski definition) is 2. The van der Waals surface area contributed by atoms with Crippen LogP contribution < -0.4 is 15.4 Å². The third-order valence-corrected chi connectivity index (χ3v) is 7.44. The van der Waals surface area contributed by atoms with Crippen LogP contribution in [0.3, 0.4) is 0 Å². The van der Waals surface area contributed by atoms with E-state index >= 15 is 0 Å². The van der Waals surface area contributed by atoms with Gasteiger partial charge < -0.3 is 20.1 Å². The number of aromatic nitrogens is 4.